The molecular weight excluding hydrogens is 286 g/mol. The second kappa shape index (κ2) is 8.14. The fourth-order valence-electron chi connectivity index (χ4n) is 1.62. The standard InChI is InChI=1S/C12H17N3O2S.ClH/c16-11(9-7-13-8-9)14-4-2-5-15-12(17)10-3-1-6-18-10;/h1,3,6,9,13H,2,4-5,7-8H2,(H,14,16)(H,15,17);1H. The Hall–Kier alpha value is -1.11. The third-order valence-electron chi connectivity index (χ3n) is 2.84. The lowest BCUT2D eigenvalue weighted by Gasteiger charge is -2.25. The Balaban J connectivity index is 0.00000180. The molecule has 2 heterocycles. The molecule has 106 valence electrons. The lowest BCUT2D eigenvalue weighted by atomic mass is 10.0. The third-order valence-corrected chi connectivity index (χ3v) is 3.70. The molecule has 0 radical (unpaired) electrons. The quantitative estimate of drug-likeness (QED) is 0.675. The topological polar surface area (TPSA) is 70.2 Å². The minimum atomic E-state index is -0.0421. The van der Waals surface area contributed by atoms with Gasteiger partial charge in [0.15, 0.2) is 0 Å². The molecule has 5 nitrogen and oxygen atoms in total. The van der Waals surface area contributed by atoms with Crippen molar-refractivity contribution >= 4 is 35.6 Å². The van der Waals surface area contributed by atoms with Gasteiger partial charge in [-0.15, -0.1) is 23.7 Å². The summed E-state index contributed by atoms with van der Waals surface area (Å²) in [6.45, 7) is 2.75. The molecule has 0 aliphatic carbocycles. The van der Waals surface area contributed by atoms with Crippen LogP contribution in [0.1, 0.15) is 16.1 Å². The molecule has 2 amide bonds. The molecule has 0 spiro atoms. The molecule has 1 aromatic rings. The van der Waals surface area contributed by atoms with Crippen molar-refractivity contribution in [2.24, 2.45) is 5.92 Å². The van der Waals surface area contributed by atoms with Crippen molar-refractivity contribution in [1.29, 1.82) is 0 Å². The smallest absolute Gasteiger partial charge is 0.261 e. The molecule has 0 aromatic carbocycles. The molecule has 1 saturated heterocycles. The third kappa shape index (κ3) is 4.81. The number of hydrogen-bond acceptors (Lipinski definition) is 4. The van der Waals surface area contributed by atoms with Gasteiger partial charge in [0, 0.05) is 26.2 Å². The van der Waals surface area contributed by atoms with E-state index in [1.807, 2.05) is 11.4 Å². The van der Waals surface area contributed by atoms with Crippen LogP contribution in [0.5, 0.6) is 0 Å². The van der Waals surface area contributed by atoms with Crippen LogP contribution in [0.4, 0.5) is 0 Å². The van der Waals surface area contributed by atoms with Crippen molar-refractivity contribution in [3.8, 4) is 0 Å². The van der Waals surface area contributed by atoms with Crippen molar-refractivity contribution in [1.82, 2.24) is 16.0 Å². The van der Waals surface area contributed by atoms with Crippen molar-refractivity contribution in [3.63, 3.8) is 0 Å². The van der Waals surface area contributed by atoms with Crippen LogP contribution in [0, 0.1) is 5.92 Å². The van der Waals surface area contributed by atoms with Crippen LogP contribution < -0.4 is 16.0 Å². The molecule has 0 bridgehead atoms. The van der Waals surface area contributed by atoms with E-state index in [0.717, 1.165) is 24.4 Å². The zero-order chi connectivity index (χ0) is 12.8. The lowest BCUT2D eigenvalue weighted by Crippen LogP contribution is -2.51. The highest BCUT2D eigenvalue weighted by Crippen LogP contribution is 2.07. The van der Waals surface area contributed by atoms with Gasteiger partial charge in [-0.25, -0.2) is 0 Å². The average Bonchev–Trinajstić information content (AvgIpc) is 2.79. The molecule has 1 aliphatic rings. The van der Waals surface area contributed by atoms with Gasteiger partial charge in [0.1, 0.15) is 0 Å². The minimum Gasteiger partial charge on any atom is -0.356 e. The molecule has 19 heavy (non-hydrogen) atoms. The van der Waals surface area contributed by atoms with Gasteiger partial charge < -0.3 is 16.0 Å². The van der Waals surface area contributed by atoms with Gasteiger partial charge in [-0.1, -0.05) is 6.07 Å². The SMILES string of the molecule is Cl.O=C(NCCCNC(=O)C1CNC1)c1cccs1. The summed E-state index contributed by atoms with van der Waals surface area (Å²) < 4.78 is 0. The number of carbonyl (C=O) groups excluding carboxylic acids is 2. The first kappa shape index (κ1) is 15.9. The van der Waals surface area contributed by atoms with Crippen LogP contribution in [-0.4, -0.2) is 38.0 Å². The van der Waals surface area contributed by atoms with Gasteiger partial charge >= 0.3 is 0 Å². The highest BCUT2D eigenvalue weighted by atomic mass is 35.5. The first-order chi connectivity index (χ1) is 8.77. The van der Waals surface area contributed by atoms with Gasteiger partial charge in [-0.2, -0.15) is 0 Å². The van der Waals surface area contributed by atoms with E-state index in [9.17, 15) is 9.59 Å². The van der Waals surface area contributed by atoms with E-state index < -0.39 is 0 Å². The number of hydrogen-bond donors (Lipinski definition) is 3. The first-order valence-electron chi connectivity index (χ1n) is 6.07. The Morgan fingerprint density at radius 2 is 2.05 bits per heavy atom. The lowest BCUT2D eigenvalue weighted by molar-refractivity contribution is -0.126. The Kier molecular flexibility index (Phi) is 6.83. The highest BCUT2D eigenvalue weighted by molar-refractivity contribution is 7.12. The molecular formula is C12H18ClN3O2S. The van der Waals surface area contributed by atoms with E-state index in [0.29, 0.717) is 13.1 Å². The van der Waals surface area contributed by atoms with E-state index in [2.05, 4.69) is 16.0 Å². The summed E-state index contributed by atoms with van der Waals surface area (Å²) in [5, 5.41) is 10.6. The average molecular weight is 304 g/mol. The largest absolute Gasteiger partial charge is 0.356 e. The maximum absolute atomic E-state index is 11.6. The highest BCUT2D eigenvalue weighted by Gasteiger charge is 2.23. The van der Waals surface area contributed by atoms with Crippen LogP contribution in [-0.2, 0) is 4.79 Å². The fourth-order valence-corrected chi connectivity index (χ4v) is 2.26. The number of nitrogens with one attached hydrogen (secondary N) is 3. The Labute approximate surface area is 122 Å². The van der Waals surface area contributed by atoms with Gasteiger partial charge in [0.25, 0.3) is 5.91 Å². The summed E-state index contributed by atoms with van der Waals surface area (Å²) in [5.74, 6) is 0.198. The Bertz CT molecular complexity index is 407. The molecule has 0 unspecified atom stereocenters. The summed E-state index contributed by atoms with van der Waals surface area (Å²) in [6, 6.07) is 3.65. The van der Waals surface area contributed by atoms with Crippen LogP contribution in [0.2, 0.25) is 0 Å². The second-order valence-electron chi connectivity index (χ2n) is 4.23. The van der Waals surface area contributed by atoms with Crippen LogP contribution in [0.25, 0.3) is 0 Å². The predicted molar refractivity (Wildman–Crippen MR) is 77.9 cm³/mol. The molecule has 7 heteroatoms. The molecule has 3 N–H and O–H groups in total. The zero-order valence-electron chi connectivity index (χ0n) is 10.5. The van der Waals surface area contributed by atoms with Gasteiger partial charge in [0.2, 0.25) is 5.91 Å². The number of carbonyl (C=O) groups is 2. The van der Waals surface area contributed by atoms with Crippen molar-refractivity contribution in [2.45, 2.75) is 6.42 Å². The molecule has 1 aliphatic heterocycles. The number of halogens is 1. The van der Waals surface area contributed by atoms with Crippen molar-refractivity contribution < 1.29 is 9.59 Å². The van der Waals surface area contributed by atoms with Crippen molar-refractivity contribution in [3.05, 3.63) is 22.4 Å². The molecule has 1 fully saturated rings. The van der Waals surface area contributed by atoms with E-state index in [1.165, 1.54) is 11.3 Å². The second-order valence-corrected chi connectivity index (χ2v) is 5.18. The van der Waals surface area contributed by atoms with E-state index in [4.69, 9.17) is 0 Å². The molecule has 1 aromatic heterocycles. The first-order valence-corrected chi connectivity index (χ1v) is 6.95. The minimum absolute atomic E-state index is 0. The number of rotatable bonds is 6. The summed E-state index contributed by atoms with van der Waals surface area (Å²) in [7, 11) is 0. The Morgan fingerprint density at radius 1 is 1.32 bits per heavy atom. The molecule has 0 saturated carbocycles. The number of thiophene rings is 1. The van der Waals surface area contributed by atoms with E-state index in [-0.39, 0.29) is 30.1 Å². The number of amides is 2. The summed E-state index contributed by atoms with van der Waals surface area (Å²) in [6.07, 6.45) is 0.753. The van der Waals surface area contributed by atoms with Crippen LogP contribution >= 0.6 is 23.7 Å². The maximum Gasteiger partial charge on any atom is 0.261 e. The van der Waals surface area contributed by atoms with E-state index >= 15 is 0 Å². The monoisotopic (exact) mass is 303 g/mol. The van der Waals surface area contributed by atoms with Crippen LogP contribution in [0.3, 0.4) is 0 Å². The predicted octanol–water partition coefficient (Wildman–Crippen LogP) is 0.625. The Morgan fingerprint density at radius 3 is 2.63 bits per heavy atom. The zero-order valence-corrected chi connectivity index (χ0v) is 12.1. The van der Waals surface area contributed by atoms with Gasteiger partial charge in [-0.05, 0) is 17.9 Å². The normalized spacial score (nSPS) is 14.1. The molecule has 2 rings (SSSR count). The van der Waals surface area contributed by atoms with Gasteiger partial charge in [-0.3, -0.25) is 9.59 Å². The molecule has 0 atom stereocenters. The summed E-state index contributed by atoms with van der Waals surface area (Å²) >= 11 is 1.43. The summed E-state index contributed by atoms with van der Waals surface area (Å²) in [4.78, 5) is 23.8. The van der Waals surface area contributed by atoms with E-state index in [1.54, 1.807) is 6.07 Å². The fraction of sp³-hybridized carbons (Fsp3) is 0.500. The van der Waals surface area contributed by atoms with Crippen molar-refractivity contribution in [2.75, 3.05) is 26.2 Å². The summed E-state index contributed by atoms with van der Waals surface area (Å²) in [5.41, 5.74) is 0. The van der Waals surface area contributed by atoms with Gasteiger partial charge in [0.05, 0.1) is 10.8 Å². The van der Waals surface area contributed by atoms with Crippen LogP contribution in [0.15, 0.2) is 17.5 Å². The maximum atomic E-state index is 11.6.